The van der Waals surface area contributed by atoms with Crippen LogP contribution < -0.4 is 0 Å². The lowest BCUT2D eigenvalue weighted by Gasteiger charge is -1.99. The molecule has 0 unspecified atom stereocenters. The number of halogens is 1. The van der Waals surface area contributed by atoms with Crippen molar-refractivity contribution in [3.8, 4) is 0 Å². The number of nitrogens with zero attached hydrogens (tertiary/aromatic N) is 1. The topological polar surface area (TPSA) is 67.0 Å². The summed E-state index contributed by atoms with van der Waals surface area (Å²) in [4.78, 5) is 10.0. The van der Waals surface area contributed by atoms with Gasteiger partial charge in [-0.2, -0.15) is 0 Å². The Hall–Kier alpha value is -1.07. The van der Waals surface area contributed by atoms with Gasteiger partial charge in [0, 0.05) is 17.9 Å². The summed E-state index contributed by atoms with van der Waals surface area (Å²) >= 11 is 1.37. The highest BCUT2D eigenvalue weighted by Gasteiger charge is 2.05. The molecular formula is C9H11ClN2O2S. The van der Waals surface area contributed by atoms with E-state index < -0.39 is 4.92 Å². The lowest BCUT2D eigenvalue weighted by atomic mass is 10.2. The molecule has 0 radical (unpaired) electrons. The van der Waals surface area contributed by atoms with Crippen LogP contribution >= 0.6 is 24.2 Å². The third kappa shape index (κ3) is 4.80. The third-order valence-electron chi connectivity index (χ3n) is 1.58. The molecule has 0 saturated carbocycles. The number of benzene rings is 1. The normalized spacial score (nSPS) is 9.13. The molecule has 0 bridgehead atoms. The summed E-state index contributed by atoms with van der Waals surface area (Å²) in [5, 5.41) is 18.2. The maximum Gasteiger partial charge on any atom is 0.269 e. The Bertz CT molecular complexity index is 371. The lowest BCUT2D eigenvalue weighted by Crippen LogP contribution is -1.90. The SMILES string of the molecule is CC(=N)SCc1cccc([N+](=O)[O-])c1.Cl. The number of nitrogens with one attached hydrogen (secondary N) is 1. The smallest absolute Gasteiger partial charge is 0.269 e. The van der Waals surface area contributed by atoms with Crippen molar-refractivity contribution in [2.45, 2.75) is 12.7 Å². The van der Waals surface area contributed by atoms with Gasteiger partial charge in [0.1, 0.15) is 0 Å². The second-order valence-electron chi connectivity index (χ2n) is 2.77. The van der Waals surface area contributed by atoms with Crippen LogP contribution in [0, 0.1) is 15.5 Å². The minimum atomic E-state index is -0.411. The number of rotatable bonds is 3. The van der Waals surface area contributed by atoms with E-state index in [2.05, 4.69) is 0 Å². The number of non-ortho nitro benzene ring substituents is 1. The quantitative estimate of drug-likeness (QED) is 0.385. The molecule has 0 spiro atoms. The monoisotopic (exact) mass is 246 g/mol. The summed E-state index contributed by atoms with van der Waals surface area (Å²) in [6, 6.07) is 6.48. The summed E-state index contributed by atoms with van der Waals surface area (Å²) in [6.45, 7) is 1.70. The summed E-state index contributed by atoms with van der Waals surface area (Å²) in [5.41, 5.74) is 0.974. The van der Waals surface area contributed by atoms with E-state index >= 15 is 0 Å². The molecule has 1 rings (SSSR count). The molecule has 1 N–H and O–H groups in total. The molecule has 4 nitrogen and oxygen atoms in total. The second kappa shape index (κ2) is 6.42. The predicted octanol–water partition coefficient (Wildman–Crippen LogP) is 3.25. The van der Waals surface area contributed by atoms with E-state index in [-0.39, 0.29) is 18.1 Å². The number of nitro benzene ring substituents is 1. The van der Waals surface area contributed by atoms with Gasteiger partial charge in [0.05, 0.1) is 9.97 Å². The van der Waals surface area contributed by atoms with Crippen LogP contribution in [0.3, 0.4) is 0 Å². The molecule has 0 aliphatic rings. The standard InChI is InChI=1S/C9H10N2O2S.ClH/c1-7(10)14-6-8-3-2-4-9(5-8)11(12)13;/h2-5,10H,6H2,1H3;1H. The first kappa shape index (κ1) is 13.9. The van der Waals surface area contributed by atoms with Crippen molar-refractivity contribution in [3.63, 3.8) is 0 Å². The molecule has 0 aliphatic heterocycles. The Morgan fingerprint density at radius 3 is 2.80 bits per heavy atom. The van der Waals surface area contributed by atoms with Crippen LogP contribution in [0.25, 0.3) is 0 Å². The molecule has 0 amide bonds. The van der Waals surface area contributed by atoms with Gasteiger partial charge in [0.15, 0.2) is 0 Å². The van der Waals surface area contributed by atoms with Gasteiger partial charge in [-0.15, -0.1) is 24.2 Å². The van der Waals surface area contributed by atoms with Gasteiger partial charge in [-0.3, -0.25) is 15.5 Å². The van der Waals surface area contributed by atoms with Crippen LogP contribution in [-0.2, 0) is 5.75 Å². The van der Waals surface area contributed by atoms with Crippen LogP contribution in [0.1, 0.15) is 12.5 Å². The highest BCUT2D eigenvalue weighted by Crippen LogP contribution is 2.18. The minimum absolute atomic E-state index is 0. The summed E-state index contributed by atoms with van der Waals surface area (Å²) in [5.74, 6) is 0.608. The van der Waals surface area contributed by atoms with Crippen molar-refractivity contribution in [2.75, 3.05) is 0 Å². The van der Waals surface area contributed by atoms with Gasteiger partial charge in [-0.25, -0.2) is 0 Å². The average molecular weight is 247 g/mol. The van der Waals surface area contributed by atoms with Gasteiger partial charge in [-0.05, 0) is 12.5 Å². The fourth-order valence-corrected chi connectivity index (χ4v) is 1.51. The molecule has 0 aliphatic carbocycles. The van der Waals surface area contributed by atoms with E-state index in [1.807, 2.05) is 6.07 Å². The Morgan fingerprint density at radius 2 is 2.27 bits per heavy atom. The van der Waals surface area contributed by atoms with E-state index in [0.29, 0.717) is 10.8 Å². The highest BCUT2D eigenvalue weighted by molar-refractivity contribution is 8.13. The van der Waals surface area contributed by atoms with Gasteiger partial charge in [0.2, 0.25) is 0 Å². The van der Waals surface area contributed by atoms with Crippen LogP contribution in [0.15, 0.2) is 24.3 Å². The van der Waals surface area contributed by atoms with E-state index in [1.165, 1.54) is 23.9 Å². The van der Waals surface area contributed by atoms with Crippen molar-refractivity contribution in [1.82, 2.24) is 0 Å². The summed E-state index contributed by atoms with van der Waals surface area (Å²) < 4.78 is 0. The average Bonchev–Trinajstić information content (AvgIpc) is 2.15. The van der Waals surface area contributed by atoms with Gasteiger partial charge >= 0.3 is 0 Å². The first-order valence-electron chi connectivity index (χ1n) is 4.01. The molecule has 15 heavy (non-hydrogen) atoms. The molecule has 1 aromatic rings. The zero-order chi connectivity index (χ0) is 10.6. The van der Waals surface area contributed by atoms with Crippen molar-refractivity contribution in [3.05, 3.63) is 39.9 Å². The summed E-state index contributed by atoms with van der Waals surface area (Å²) in [7, 11) is 0. The zero-order valence-corrected chi connectivity index (χ0v) is 9.73. The molecule has 0 saturated heterocycles. The number of thioether (sulfide) groups is 1. The van der Waals surface area contributed by atoms with E-state index in [4.69, 9.17) is 5.41 Å². The van der Waals surface area contributed by atoms with Crippen molar-refractivity contribution < 1.29 is 4.92 Å². The fourth-order valence-electron chi connectivity index (χ4n) is 0.951. The van der Waals surface area contributed by atoms with Gasteiger partial charge in [0.25, 0.3) is 5.69 Å². The first-order valence-corrected chi connectivity index (χ1v) is 4.99. The molecule has 0 aromatic heterocycles. The van der Waals surface area contributed by atoms with Crippen molar-refractivity contribution in [1.29, 1.82) is 5.41 Å². The fraction of sp³-hybridized carbons (Fsp3) is 0.222. The predicted molar refractivity (Wildman–Crippen MR) is 65.0 cm³/mol. The molecule has 6 heteroatoms. The summed E-state index contributed by atoms with van der Waals surface area (Å²) in [6.07, 6.45) is 0. The van der Waals surface area contributed by atoms with E-state index in [9.17, 15) is 10.1 Å². The van der Waals surface area contributed by atoms with Gasteiger partial charge in [-0.1, -0.05) is 12.1 Å². The highest BCUT2D eigenvalue weighted by atomic mass is 35.5. The van der Waals surface area contributed by atoms with Crippen LogP contribution in [-0.4, -0.2) is 9.97 Å². The molecular weight excluding hydrogens is 236 g/mol. The molecule has 0 fully saturated rings. The zero-order valence-electron chi connectivity index (χ0n) is 8.10. The number of hydrogen-bond donors (Lipinski definition) is 1. The molecule has 0 atom stereocenters. The van der Waals surface area contributed by atoms with Gasteiger partial charge < -0.3 is 0 Å². The Morgan fingerprint density at radius 1 is 1.60 bits per heavy atom. The Kier molecular flexibility index (Phi) is 5.96. The van der Waals surface area contributed by atoms with E-state index in [0.717, 1.165) is 5.56 Å². The molecule has 0 heterocycles. The maximum atomic E-state index is 10.4. The van der Waals surface area contributed by atoms with Crippen LogP contribution in [0.4, 0.5) is 5.69 Å². The largest absolute Gasteiger partial charge is 0.299 e. The van der Waals surface area contributed by atoms with Crippen molar-refractivity contribution in [2.24, 2.45) is 0 Å². The second-order valence-corrected chi connectivity index (χ2v) is 3.96. The first-order chi connectivity index (χ1) is 6.59. The lowest BCUT2D eigenvalue weighted by molar-refractivity contribution is -0.384. The molecule has 82 valence electrons. The minimum Gasteiger partial charge on any atom is -0.299 e. The number of hydrogen-bond acceptors (Lipinski definition) is 4. The van der Waals surface area contributed by atoms with Crippen molar-refractivity contribution >= 4 is 34.9 Å². The van der Waals surface area contributed by atoms with Crippen LogP contribution in [0.2, 0.25) is 0 Å². The van der Waals surface area contributed by atoms with E-state index in [1.54, 1.807) is 13.0 Å². The third-order valence-corrected chi connectivity index (χ3v) is 2.49. The van der Waals surface area contributed by atoms with Crippen LogP contribution in [0.5, 0.6) is 0 Å². The maximum absolute atomic E-state index is 10.4. The Labute approximate surface area is 98.1 Å². The molecule has 1 aromatic carbocycles. The number of nitro groups is 1. The Balaban J connectivity index is 0.00000196.